The predicted octanol–water partition coefficient (Wildman–Crippen LogP) is 4.06. The van der Waals surface area contributed by atoms with Gasteiger partial charge in [-0.2, -0.15) is 9.97 Å². The molecule has 3 aliphatic rings. The van der Waals surface area contributed by atoms with Gasteiger partial charge in [0.2, 0.25) is 0 Å². The van der Waals surface area contributed by atoms with E-state index in [2.05, 4.69) is 19.9 Å². The first-order valence-electron chi connectivity index (χ1n) is 10.7. The van der Waals surface area contributed by atoms with E-state index in [4.69, 9.17) is 21.1 Å². The number of nitrogens with zero attached hydrogens (tertiary/aromatic N) is 4. The highest BCUT2D eigenvalue weighted by molar-refractivity contribution is 6.30. The molecule has 0 radical (unpaired) electrons. The lowest BCUT2D eigenvalue weighted by atomic mass is 9.94. The van der Waals surface area contributed by atoms with Crippen molar-refractivity contribution in [1.29, 1.82) is 0 Å². The Morgan fingerprint density at radius 1 is 1.27 bits per heavy atom. The molecule has 5 heterocycles. The second kappa shape index (κ2) is 8.13. The van der Waals surface area contributed by atoms with Crippen molar-refractivity contribution in [2.75, 3.05) is 32.9 Å². The van der Waals surface area contributed by atoms with Gasteiger partial charge in [-0.25, -0.2) is 13.8 Å². The molecule has 5 rings (SSSR count). The third-order valence-corrected chi connectivity index (χ3v) is 6.98. The molecule has 0 bridgehead atoms. The van der Waals surface area contributed by atoms with E-state index >= 15 is 0 Å². The summed E-state index contributed by atoms with van der Waals surface area (Å²) < 4.78 is 40.4. The van der Waals surface area contributed by atoms with Gasteiger partial charge in [-0.05, 0) is 38.6 Å². The Bertz CT molecular complexity index is 941. The average Bonchev–Trinajstić information content (AvgIpc) is 3.11. The van der Waals surface area contributed by atoms with E-state index in [9.17, 15) is 8.78 Å². The molecule has 0 saturated carbocycles. The smallest absolute Gasteiger partial charge is 0.317 e. The molecule has 0 spiro atoms. The molecule has 30 heavy (non-hydrogen) atoms. The zero-order valence-electron chi connectivity index (χ0n) is 16.7. The largest absolute Gasteiger partial charge is 0.461 e. The Kier molecular flexibility index (Phi) is 5.49. The maximum absolute atomic E-state index is 14.8. The molecule has 9 heteroatoms. The van der Waals surface area contributed by atoms with Crippen molar-refractivity contribution >= 4 is 22.5 Å². The summed E-state index contributed by atoms with van der Waals surface area (Å²) in [6.07, 6.45) is 5.65. The monoisotopic (exact) mass is 438 g/mol. The van der Waals surface area contributed by atoms with Crippen molar-refractivity contribution in [1.82, 2.24) is 19.9 Å². The third kappa shape index (κ3) is 3.63. The molecule has 2 aromatic rings. The maximum Gasteiger partial charge on any atom is 0.317 e. The summed E-state index contributed by atoms with van der Waals surface area (Å²) in [5, 5.41) is 0.334. The number of rotatable bonds is 4. The zero-order valence-corrected chi connectivity index (χ0v) is 17.5. The molecule has 0 aliphatic carbocycles. The van der Waals surface area contributed by atoms with Crippen LogP contribution in [-0.4, -0.2) is 64.5 Å². The average molecular weight is 439 g/mol. The van der Waals surface area contributed by atoms with Crippen LogP contribution in [0.25, 0.3) is 10.9 Å². The van der Waals surface area contributed by atoms with E-state index in [0.717, 1.165) is 44.3 Å². The minimum absolute atomic E-state index is 0.102. The fourth-order valence-corrected chi connectivity index (χ4v) is 5.37. The molecule has 3 fully saturated rings. The highest BCUT2D eigenvalue weighted by atomic mass is 35.5. The van der Waals surface area contributed by atoms with Crippen LogP contribution in [0.3, 0.4) is 0 Å². The molecular formula is C21H25ClF2N4O2. The number of hydrogen-bond acceptors (Lipinski definition) is 6. The predicted molar refractivity (Wildman–Crippen MR) is 108 cm³/mol. The van der Waals surface area contributed by atoms with Crippen LogP contribution in [0.5, 0.6) is 6.01 Å². The summed E-state index contributed by atoms with van der Waals surface area (Å²) in [6.45, 7) is 2.97. The van der Waals surface area contributed by atoms with Crippen LogP contribution < -0.4 is 4.74 Å². The normalized spacial score (nSPS) is 29.8. The number of aromatic nitrogens is 3. The number of pyridine rings is 1. The van der Waals surface area contributed by atoms with E-state index in [1.807, 2.05) is 0 Å². The first-order chi connectivity index (χ1) is 14.6. The van der Waals surface area contributed by atoms with Gasteiger partial charge < -0.3 is 9.47 Å². The molecule has 162 valence electrons. The quantitative estimate of drug-likeness (QED) is 0.671. The molecule has 0 aromatic carbocycles. The van der Waals surface area contributed by atoms with Gasteiger partial charge >= 0.3 is 6.01 Å². The fourth-order valence-electron chi connectivity index (χ4n) is 5.24. The Morgan fingerprint density at radius 2 is 2.17 bits per heavy atom. The van der Waals surface area contributed by atoms with Crippen molar-refractivity contribution in [3.63, 3.8) is 0 Å². The Balaban J connectivity index is 1.49. The van der Waals surface area contributed by atoms with E-state index < -0.39 is 12.0 Å². The SMILES string of the molecule is Fc1c(Cl)ncc2c(C3CCCOCC3)nc(OC[C@@]34CCCN3C[C@H](F)C4)nc12. The molecule has 3 atom stereocenters. The van der Waals surface area contributed by atoms with Crippen molar-refractivity contribution in [3.05, 3.63) is 22.9 Å². The number of hydrogen-bond donors (Lipinski definition) is 0. The maximum atomic E-state index is 14.8. The van der Waals surface area contributed by atoms with E-state index in [0.29, 0.717) is 38.2 Å². The highest BCUT2D eigenvalue weighted by Crippen LogP contribution is 2.40. The molecular weight excluding hydrogens is 414 g/mol. The summed E-state index contributed by atoms with van der Waals surface area (Å²) in [7, 11) is 0. The third-order valence-electron chi connectivity index (χ3n) is 6.72. The fraction of sp³-hybridized carbons (Fsp3) is 0.667. The van der Waals surface area contributed by atoms with Crippen molar-refractivity contribution < 1.29 is 18.3 Å². The number of halogens is 3. The summed E-state index contributed by atoms with van der Waals surface area (Å²) in [5.74, 6) is -0.566. The first-order valence-corrected chi connectivity index (χ1v) is 11.0. The van der Waals surface area contributed by atoms with Gasteiger partial charge in [0.05, 0.1) is 11.2 Å². The van der Waals surface area contributed by atoms with Crippen LogP contribution in [0.4, 0.5) is 8.78 Å². The van der Waals surface area contributed by atoms with Gasteiger partial charge in [0.25, 0.3) is 0 Å². The molecule has 3 aliphatic heterocycles. The number of fused-ring (bicyclic) bond motifs is 2. The zero-order chi connectivity index (χ0) is 20.7. The van der Waals surface area contributed by atoms with Gasteiger partial charge in [0, 0.05) is 43.7 Å². The second-order valence-corrected chi connectivity index (χ2v) is 8.98. The lowest BCUT2D eigenvalue weighted by molar-refractivity contribution is 0.107. The lowest BCUT2D eigenvalue weighted by Gasteiger charge is -2.31. The van der Waals surface area contributed by atoms with Crippen LogP contribution in [-0.2, 0) is 4.74 Å². The Morgan fingerprint density at radius 3 is 3.07 bits per heavy atom. The Hall–Kier alpha value is -1.64. The van der Waals surface area contributed by atoms with Crippen LogP contribution in [0.1, 0.15) is 50.1 Å². The van der Waals surface area contributed by atoms with Gasteiger partial charge in [-0.15, -0.1) is 0 Å². The molecule has 6 nitrogen and oxygen atoms in total. The highest BCUT2D eigenvalue weighted by Gasteiger charge is 2.49. The van der Waals surface area contributed by atoms with Gasteiger partial charge in [0.15, 0.2) is 11.0 Å². The van der Waals surface area contributed by atoms with Gasteiger partial charge in [0.1, 0.15) is 18.3 Å². The van der Waals surface area contributed by atoms with E-state index in [1.54, 1.807) is 0 Å². The standard InChI is InChI=1S/C21H25ClF2N4O2/c22-19-16(24)18-15(10-25-19)17(13-3-1-7-29-8-4-13)26-20(27-18)30-12-21-5-2-6-28(21)11-14(23)9-21/h10,13-14H,1-9,11-12H2/t13?,14-,21+/m1/s1. The minimum Gasteiger partial charge on any atom is -0.461 e. The summed E-state index contributed by atoms with van der Waals surface area (Å²) in [6, 6.07) is 0.118. The van der Waals surface area contributed by atoms with Gasteiger partial charge in [-0.3, -0.25) is 4.90 Å². The van der Waals surface area contributed by atoms with Crippen molar-refractivity contribution in [2.24, 2.45) is 0 Å². The first kappa shape index (κ1) is 20.3. The van der Waals surface area contributed by atoms with Crippen LogP contribution in [0.15, 0.2) is 6.20 Å². The minimum atomic E-state index is -0.838. The number of ether oxygens (including phenoxy) is 2. The molecule has 3 saturated heterocycles. The van der Waals surface area contributed by atoms with Crippen molar-refractivity contribution in [2.45, 2.75) is 56.2 Å². The van der Waals surface area contributed by atoms with Gasteiger partial charge in [-0.1, -0.05) is 11.6 Å². The lowest BCUT2D eigenvalue weighted by Crippen LogP contribution is -2.43. The summed E-state index contributed by atoms with van der Waals surface area (Å²) >= 11 is 5.92. The second-order valence-electron chi connectivity index (χ2n) is 8.62. The summed E-state index contributed by atoms with van der Waals surface area (Å²) in [5.41, 5.74) is 0.525. The number of alkyl halides is 1. The summed E-state index contributed by atoms with van der Waals surface area (Å²) in [4.78, 5) is 15.1. The molecule has 1 unspecified atom stereocenters. The van der Waals surface area contributed by atoms with E-state index in [1.165, 1.54) is 6.20 Å². The molecule has 2 aromatic heterocycles. The Labute approximate surface area is 178 Å². The topological polar surface area (TPSA) is 60.4 Å². The molecule has 0 amide bonds. The van der Waals surface area contributed by atoms with Crippen LogP contribution in [0.2, 0.25) is 5.15 Å². The van der Waals surface area contributed by atoms with Crippen molar-refractivity contribution in [3.8, 4) is 6.01 Å². The van der Waals surface area contributed by atoms with E-state index in [-0.39, 0.29) is 28.1 Å². The van der Waals surface area contributed by atoms with Crippen LogP contribution >= 0.6 is 11.6 Å². The molecule has 0 N–H and O–H groups in total. The van der Waals surface area contributed by atoms with Crippen LogP contribution in [0, 0.1) is 5.82 Å².